The molecule has 0 aromatic carbocycles. The van der Waals surface area contributed by atoms with Gasteiger partial charge in [0.2, 0.25) is 0 Å². The molecule has 2 aliphatic rings. The van der Waals surface area contributed by atoms with Crippen molar-refractivity contribution in [1.29, 1.82) is 0 Å². The Bertz CT molecular complexity index is 204. The summed E-state index contributed by atoms with van der Waals surface area (Å²) in [6.45, 7) is 0. The Morgan fingerprint density at radius 1 is 1.45 bits per heavy atom. The molecule has 62 valence electrons. The smallest absolute Gasteiger partial charge is 0.310 e. The summed E-state index contributed by atoms with van der Waals surface area (Å²) in [6, 6.07) is 0. The van der Waals surface area contributed by atoms with Crippen molar-refractivity contribution in [2.45, 2.75) is 31.9 Å². The molecule has 3 atom stereocenters. The number of carbonyl (C=O) groups is 1. The first-order chi connectivity index (χ1) is 5.17. The number of fused-ring (bicyclic) bond motifs is 1. The van der Waals surface area contributed by atoms with Crippen LogP contribution in [0.1, 0.15) is 25.7 Å². The van der Waals surface area contributed by atoms with E-state index in [1.807, 2.05) is 0 Å². The normalized spacial score (nSPS) is 48.1. The van der Waals surface area contributed by atoms with Gasteiger partial charge in [-0.15, -0.1) is 0 Å². The van der Waals surface area contributed by atoms with Crippen LogP contribution in [0, 0.1) is 11.3 Å². The summed E-state index contributed by atoms with van der Waals surface area (Å²) in [5.74, 6) is -0.950. The first-order valence-corrected chi connectivity index (χ1v) is 4.04. The topological polar surface area (TPSA) is 37.3 Å². The molecule has 2 aliphatic carbocycles. The predicted octanol–water partition coefficient (Wildman–Crippen LogP) is 1.60. The van der Waals surface area contributed by atoms with Crippen molar-refractivity contribution in [3.8, 4) is 0 Å². The number of hydrogen-bond donors (Lipinski definition) is 1. The molecular weight excluding hydrogens is 147 g/mol. The molecule has 0 aromatic heterocycles. The monoisotopic (exact) mass is 158 g/mol. The summed E-state index contributed by atoms with van der Waals surface area (Å²) in [5.41, 5.74) is -0.653. The number of halogens is 1. The molecule has 0 radical (unpaired) electrons. The lowest BCUT2D eigenvalue weighted by atomic mass is 9.62. The van der Waals surface area contributed by atoms with Gasteiger partial charge in [0, 0.05) is 5.92 Å². The van der Waals surface area contributed by atoms with Crippen molar-refractivity contribution < 1.29 is 14.3 Å². The minimum atomic E-state index is -0.847. The zero-order valence-electron chi connectivity index (χ0n) is 6.22. The molecule has 0 amide bonds. The minimum Gasteiger partial charge on any atom is -0.481 e. The van der Waals surface area contributed by atoms with Gasteiger partial charge in [-0.2, -0.15) is 0 Å². The van der Waals surface area contributed by atoms with Gasteiger partial charge >= 0.3 is 5.97 Å². The van der Waals surface area contributed by atoms with Crippen LogP contribution in [0.4, 0.5) is 4.39 Å². The zero-order chi connectivity index (χ0) is 8.06. The van der Waals surface area contributed by atoms with E-state index in [-0.39, 0.29) is 5.92 Å². The van der Waals surface area contributed by atoms with Crippen LogP contribution in [0.2, 0.25) is 0 Å². The van der Waals surface area contributed by atoms with E-state index in [4.69, 9.17) is 5.11 Å². The van der Waals surface area contributed by atoms with Gasteiger partial charge in [0.25, 0.3) is 0 Å². The molecule has 0 spiro atoms. The quantitative estimate of drug-likeness (QED) is 0.629. The highest BCUT2D eigenvalue weighted by Gasteiger charge is 2.59. The average Bonchev–Trinajstić information content (AvgIpc) is 2.04. The zero-order valence-corrected chi connectivity index (χ0v) is 6.22. The molecule has 2 rings (SSSR count). The highest BCUT2D eigenvalue weighted by atomic mass is 19.1. The molecule has 0 aromatic rings. The van der Waals surface area contributed by atoms with Crippen molar-refractivity contribution in [3.63, 3.8) is 0 Å². The number of aliphatic carboxylic acids is 1. The highest BCUT2D eigenvalue weighted by Crippen LogP contribution is 2.58. The first-order valence-electron chi connectivity index (χ1n) is 4.04. The Morgan fingerprint density at radius 2 is 2.09 bits per heavy atom. The third kappa shape index (κ3) is 0.686. The van der Waals surface area contributed by atoms with E-state index in [2.05, 4.69) is 0 Å². The van der Waals surface area contributed by atoms with E-state index in [1.54, 1.807) is 0 Å². The van der Waals surface area contributed by atoms with Crippen LogP contribution in [-0.4, -0.2) is 17.2 Å². The van der Waals surface area contributed by atoms with Crippen molar-refractivity contribution in [1.82, 2.24) is 0 Å². The number of alkyl halides is 1. The molecule has 3 unspecified atom stereocenters. The Kier molecular flexibility index (Phi) is 1.26. The van der Waals surface area contributed by atoms with Crippen LogP contribution in [0.5, 0.6) is 0 Å². The van der Waals surface area contributed by atoms with E-state index in [9.17, 15) is 9.18 Å². The second-order valence-corrected chi connectivity index (χ2v) is 3.66. The Balaban J connectivity index is 2.22. The maximum atomic E-state index is 13.0. The minimum absolute atomic E-state index is 0.167. The molecule has 1 N–H and O–H groups in total. The van der Waals surface area contributed by atoms with Gasteiger partial charge in [0.1, 0.15) is 6.17 Å². The Labute approximate surface area is 64.4 Å². The van der Waals surface area contributed by atoms with Gasteiger partial charge in [-0.05, 0) is 25.7 Å². The van der Waals surface area contributed by atoms with Crippen molar-refractivity contribution >= 4 is 5.97 Å². The van der Waals surface area contributed by atoms with Gasteiger partial charge in [0.05, 0.1) is 5.41 Å². The average molecular weight is 158 g/mol. The third-order valence-electron chi connectivity index (χ3n) is 3.34. The van der Waals surface area contributed by atoms with Crippen LogP contribution in [0.3, 0.4) is 0 Å². The van der Waals surface area contributed by atoms with Crippen molar-refractivity contribution in [2.75, 3.05) is 0 Å². The van der Waals surface area contributed by atoms with E-state index in [1.165, 1.54) is 0 Å². The van der Waals surface area contributed by atoms with Crippen LogP contribution in [-0.2, 0) is 4.79 Å². The van der Waals surface area contributed by atoms with Crippen LogP contribution >= 0.6 is 0 Å². The predicted molar refractivity (Wildman–Crippen MR) is 36.9 cm³/mol. The van der Waals surface area contributed by atoms with E-state index >= 15 is 0 Å². The molecule has 0 heterocycles. The fraction of sp³-hybridized carbons (Fsp3) is 0.875. The summed E-state index contributed by atoms with van der Waals surface area (Å²) in [4.78, 5) is 10.8. The second-order valence-electron chi connectivity index (χ2n) is 3.66. The van der Waals surface area contributed by atoms with Gasteiger partial charge in [-0.1, -0.05) is 0 Å². The summed E-state index contributed by atoms with van der Waals surface area (Å²) >= 11 is 0. The molecule has 0 aliphatic heterocycles. The summed E-state index contributed by atoms with van der Waals surface area (Å²) < 4.78 is 13.0. The fourth-order valence-electron chi connectivity index (χ4n) is 2.47. The largest absolute Gasteiger partial charge is 0.481 e. The van der Waals surface area contributed by atoms with Gasteiger partial charge < -0.3 is 5.11 Å². The number of carboxylic acids is 1. The van der Waals surface area contributed by atoms with Gasteiger partial charge in [-0.25, -0.2) is 4.39 Å². The molecule has 2 fully saturated rings. The van der Waals surface area contributed by atoms with E-state index in [0.29, 0.717) is 19.3 Å². The lowest BCUT2D eigenvalue weighted by molar-refractivity contribution is -0.160. The van der Waals surface area contributed by atoms with Gasteiger partial charge in [0.15, 0.2) is 0 Å². The molecule has 0 bridgehead atoms. The highest BCUT2D eigenvalue weighted by molar-refractivity contribution is 5.77. The maximum Gasteiger partial charge on any atom is 0.310 e. The summed E-state index contributed by atoms with van der Waals surface area (Å²) in [5, 5.41) is 8.85. The van der Waals surface area contributed by atoms with Crippen LogP contribution < -0.4 is 0 Å². The fourth-order valence-corrected chi connectivity index (χ4v) is 2.47. The molecule has 0 saturated heterocycles. The Hall–Kier alpha value is -0.600. The number of carboxylic acid groups (broad SMARTS) is 1. The first kappa shape index (κ1) is 7.07. The lowest BCUT2D eigenvalue weighted by Gasteiger charge is -2.41. The Morgan fingerprint density at radius 3 is 2.36 bits per heavy atom. The maximum absolute atomic E-state index is 13.0. The molecule has 2 saturated carbocycles. The van der Waals surface area contributed by atoms with E-state index < -0.39 is 17.6 Å². The standard InChI is InChI=1S/C8H11FO2/c9-6-2-4-8(7(10)11)3-1-5(6)8/h5-6H,1-4H2,(H,10,11). The van der Waals surface area contributed by atoms with Crippen molar-refractivity contribution in [2.24, 2.45) is 11.3 Å². The molecule has 3 heteroatoms. The van der Waals surface area contributed by atoms with Crippen molar-refractivity contribution in [3.05, 3.63) is 0 Å². The number of hydrogen-bond acceptors (Lipinski definition) is 1. The van der Waals surface area contributed by atoms with E-state index in [0.717, 1.165) is 6.42 Å². The summed E-state index contributed by atoms with van der Waals surface area (Å²) in [7, 11) is 0. The summed E-state index contributed by atoms with van der Waals surface area (Å²) in [6.07, 6.45) is 1.62. The van der Waals surface area contributed by atoms with Gasteiger partial charge in [-0.3, -0.25) is 4.79 Å². The SMILES string of the molecule is O=C(O)C12CCC(F)C1CC2. The number of rotatable bonds is 1. The molecule has 2 nitrogen and oxygen atoms in total. The van der Waals surface area contributed by atoms with Crippen LogP contribution in [0.15, 0.2) is 0 Å². The lowest BCUT2D eigenvalue weighted by Crippen LogP contribution is -2.45. The third-order valence-corrected chi connectivity index (χ3v) is 3.34. The second kappa shape index (κ2) is 1.96. The molecular formula is C8H11FO2. The van der Waals surface area contributed by atoms with Crippen LogP contribution in [0.25, 0.3) is 0 Å². The molecule has 11 heavy (non-hydrogen) atoms.